The van der Waals surface area contributed by atoms with Crippen LogP contribution in [0.25, 0.3) is 0 Å². The Hall–Kier alpha value is -3.05. The van der Waals surface area contributed by atoms with Crippen LogP contribution in [0, 0.1) is 22.7 Å². The van der Waals surface area contributed by atoms with Crippen molar-refractivity contribution in [1.82, 2.24) is 5.32 Å². The molecule has 1 aliphatic rings. The lowest BCUT2D eigenvalue weighted by Crippen LogP contribution is -2.28. The molecule has 0 saturated carbocycles. The Labute approximate surface area is 135 Å². The summed E-state index contributed by atoms with van der Waals surface area (Å²) >= 11 is 0. The van der Waals surface area contributed by atoms with E-state index in [4.69, 9.17) is 10.00 Å². The molecule has 1 aromatic carbocycles. The number of hydrogen-bond donors (Lipinski definition) is 1. The Morgan fingerprint density at radius 3 is 2.61 bits per heavy atom. The summed E-state index contributed by atoms with van der Waals surface area (Å²) in [6, 6.07) is 11.2. The van der Waals surface area contributed by atoms with Crippen LogP contribution in [-0.4, -0.2) is 12.6 Å². The number of nitriles is 2. The fourth-order valence-corrected chi connectivity index (χ4v) is 2.74. The summed E-state index contributed by atoms with van der Waals surface area (Å²) < 4.78 is 5.15. The van der Waals surface area contributed by atoms with Crippen LogP contribution >= 0.6 is 0 Å². The van der Waals surface area contributed by atoms with Gasteiger partial charge in [-0.3, -0.25) is 0 Å². The Balaban J connectivity index is 2.64. The number of benzene rings is 1. The van der Waals surface area contributed by atoms with Crippen molar-refractivity contribution in [1.29, 1.82) is 10.5 Å². The Morgan fingerprint density at radius 1 is 1.26 bits per heavy atom. The molecule has 5 nitrogen and oxygen atoms in total. The topological polar surface area (TPSA) is 85.9 Å². The molecule has 1 aliphatic heterocycles. The van der Waals surface area contributed by atoms with Gasteiger partial charge in [0.05, 0.1) is 41.4 Å². The molecule has 0 bridgehead atoms. The standard InChI is InChI=1S/C18H17N3O2/c1-4-23-18(22)16-12(3)21-11(2)15(10-20)17(16)14-7-5-6-13(8-14)9-19/h5-8,17,21H,4H2,1-3H3. The van der Waals surface area contributed by atoms with Crippen molar-refractivity contribution in [2.75, 3.05) is 6.61 Å². The third-order valence-electron chi connectivity index (χ3n) is 3.73. The first-order chi connectivity index (χ1) is 11.0. The van der Waals surface area contributed by atoms with E-state index in [0.29, 0.717) is 28.1 Å². The van der Waals surface area contributed by atoms with E-state index in [1.807, 2.05) is 6.07 Å². The number of nitrogens with zero attached hydrogens (tertiary/aromatic N) is 2. The number of carbonyl (C=O) groups is 1. The van der Waals surface area contributed by atoms with Crippen LogP contribution < -0.4 is 5.32 Å². The fourth-order valence-electron chi connectivity index (χ4n) is 2.74. The van der Waals surface area contributed by atoms with Crippen LogP contribution in [0.4, 0.5) is 0 Å². The highest BCUT2D eigenvalue weighted by Gasteiger charge is 2.34. The molecule has 1 heterocycles. The average Bonchev–Trinajstić information content (AvgIpc) is 2.54. The van der Waals surface area contributed by atoms with Gasteiger partial charge in [0.25, 0.3) is 0 Å². The molecular weight excluding hydrogens is 290 g/mol. The summed E-state index contributed by atoms with van der Waals surface area (Å²) in [7, 11) is 0. The highest BCUT2D eigenvalue weighted by Crippen LogP contribution is 2.38. The number of allylic oxidation sites excluding steroid dienone is 3. The number of ether oxygens (including phenoxy) is 1. The van der Waals surface area contributed by atoms with E-state index in [1.54, 1.807) is 39.0 Å². The van der Waals surface area contributed by atoms with E-state index < -0.39 is 11.9 Å². The first-order valence-electron chi connectivity index (χ1n) is 7.29. The van der Waals surface area contributed by atoms with E-state index in [0.717, 1.165) is 5.56 Å². The lowest BCUT2D eigenvalue weighted by atomic mass is 9.80. The molecule has 1 atom stereocenters. The second-order valence-electron chi connectivity index (χ2n) is 5.20. The monoisotopic (exact) mass is 307 g/mol. The minimum atomic E-state index is -0.534. The van der Waals surface area contributed by atoms with Crippen molar-refractivity contribution in [3.05, 3.63) is 57.9 Å². The molecule has 1 aromatic rings. The Kier molecular flexibility index (Phi) is 4.83. The Bertz CT molecular complexity index is 791. The maximum atomic E-state index is 12.4. The average molecular weight is 307 g/mol. The largest absolute Gasteiger partial charge is 0.463 e. The van der Waals surface area contributed by atoms with Gasteiger partial charge < -0.3 is 10.1 Å². The smallest absolute Gasteiger partial charge is 0.336 e. The van der Waals surface area contributed by atoms with Crippen LogP contribution in [0.15, 0.2) is 46.8 Å². The summed E-state index contributed by atoms with van der Waals surface area (Å²) in [4.78, 5) is 12.4. The second-order valence-corrected chi connectivity index (χ2v) is 5.20. The van der Waals surface area contributed by atoms with Crippen LogP contribution in [0.3, 0.4) is 0 Å². The van der Waals surface area contributed by atoms with E-state index >= 15 is 0 Å². The molecule has 0 amide bonds. The van der Waals surface area contributed by atoms with Crippen molar-refractivity contribution in [3.8, 4) is 12.1 Å². The lowest BCUT2D eigenvalue weighted by Gasteiger charge is -2.28. The fraction of sp³-hybridized carbons (Fsp3) is 0.278. The number of rotatable bonds is 3. The van der Waals surface area contributed by atoms with Crippen LogP contribution in [-0.2, 0) is 9.53 Å². The highest BCUT2D eigenvalue weighted by molar-refractivity contribution is 5.93. The molecule has 5 heteroatoms. The minimum Gasteiger partial charge on any atom is -0.463 e. The molecule has 1 unspecified atom stereocenters. The van der Waals surface area contributed by atoms with Gasteiger partial charge in [0.2, 0.25) is 0 Å². The minimum absolute atomic E-state index is 0.255. The summed E-state index contributed by atoms with van der Waals surface area (Å²) in [5.41, 5.74) is 3.43. The maximum Gasteiger partial charge on any atom is 0.336 e. The zero-order valence-electron chi connectivity index (χ0n) is 13.3. The first kappa shape index (κ1) is 16.3. The van der Waals surface area contributed by atoms with E-state index in [1.165, 1.54) is 0 Å². The summed E-state index contributed by atoms with van der Waals surface area (Å²) in [6.07, 6.45) is 0. The molecule has 0 aromatic heterocycles. The van der Waals surface area contributed by atoms with Gasteiger partial charge in [-0.05, 0) is 38.5 Å². The molecule has 23 heavy (non-hydrogen) atoms. The predicted octanol–water partition coefficient (Wildman–Crippen LogP) is 2.88. The van der Waals surface area contributed by atoms with E-state index in [2.05, 4.69) is 17.5 Å². The Morgan fingerprint density at radius 2 is 2.00 bits per heavy atom. The molecule has 0 fully saturated rings. The van der Waals surface area contributed by atoms with Crippen molar-refractivity contribution in [3.63, 3.8) is 0 Å². The second kappa shape index (κ2) is 6.81. The van der Waals surface area contributed by atoms with Gasteiger partial charge in [0, 0.05) is 11.4 Å². The SMILES string of the molecule is CCOC(=O)C1=C(C)NC(C)=C(C#N)C1c1cccc(C#N)c1. The quantitative estimate of drug-likeness (QED) is 0.868. The predicted molar refractivity (Wildman–Crippen MR) is 84.7 cm³/mol. The lowest BCUT2D eigenvalue weighted by molar-refractivity contribution is -0.138. The van der Waals surface area contributed by atoms with Crippen molar-refractivity contribution < 1.29 is 9.53 Å². The number of carbonyl (C=O) groups excluding carboxylic acids is 1. The third-order valence-corrected chi connectivity index (χ3v) is 3.73. The zero-order valence-corrected chi connectivity index (χ0v) is 13.3. The number of hydrogen-bond acceptors (Lipinski definition) is 5. The summed E-state index contributed by atoms with van der Waals surface area (Å²) in [5.74, 6) is -0.987. The van der Waals surface area contributed by atoms with Crippen LogP contribution in [0.5, 0.6) is 0 Å². The highest BCUT2D eigenvalue weighted by atomic mass is 16.5. The normalized spacial score (nSPS) is 17.2. The van der Waals surface area contributed by atoms with Crippen LogP contribution in [0.1, 0.15) is 37.8 Å². The summed E-state index contributed by atoms with van der Waals surface area (Å²) in [5, 5.41) is 21.7. The van der Waals surface area contributed by atoms with E-state index in [9.17, 15) is 10.1 Å². The maximum absolute atomic E-state index is 12.4. The van der Waals surface area contributed by atoms with Gasteiger partial charge in [-0.2, -0.15) is 10.5 Å². The van der Waals surface area contributed by atoms with Crippen LogP contribution in [0.2, 0.25) is 0 Å². The van der Waals surface area contributed by atoms with Crippen molar-refractivity contribution >= 4 is 5.97 Å². The van der Waals surface area contributed by atoms with Gasteiger partial charge in [-0.25, -0.2) is 4.79 Å². The van der Waals surface area contributed by atoms with Gasteiger partial charge in [0.1, 0.15) is 0 Å². The van der Waals surface area contributed by atoms with E-state index in [-0.39, 0.29) is 6.61 Å². The molecular formula is C18H17N3O2. The van der Waals surface area contributed by atoms with Crippen molar-refractivity contribution in [2.45, 2.75) is 26.7 Å². The number of dihydropyridines is 1. The molecule has 0 spiro atoms. The summed E-state index contributed by atoms with van der Waals surface area (Å²) in [6.45, 7) is 5.57. The molecule has 0 aliphatic carbocycles. The van der Waals surface area contributed by atoms with Gasteiger partial charge in [-0.15, -0.1) is 0 Å². The molecule has 1 N–H and O–H groups in total. The molecule has 0 saturated heterocycles. The zero-order chi connectivity index (χ0) is 17.0. The number of nitrogens with one attached hydrogen (secondary N) is 1. The van der Waals surface area contributed by atoms with Crippen molar-refractivity contribution in [2.24, 2.45) is 0 Å². The third kappa shape index (κ3) is 3.09. The first-order valence-corrected chi connectivity index (χ1v) is 7.29. The van der Waals surface area contributed by atoms with Gasteiger partial charge >= 0.3 is 5.97 Å². The van der Waals surface area contributed by atoms with Gasteiger partial charge in [0.15, 0.2) is 0 Å². The molecule has 0 radical (unpaired) electrons. The number of esters is 1. The molecule has 116 valence electrons. The molecule has 2 rings (SSSR count). The van der Waals surface area contributed by atoms with Gasteiger partial charge in [-0.1, -0.05) is 12.1 Å².